The first-order valence-corrected chi connectivity index (χ1v) is 10.7. The van der Waals surface area contributed by atoms with Gasteiger partial charge in [0.25, 0.3) is 0 Å². The second kappa shape index (κ2) is 8.08. The minimum absolute atomic E-state index is 0.0989. The van der Waals surface area contributed by atoms with Crippen molar-refractivity contribution in [2.75, 3.05) is 0 Å². The lowest BCUT2D eigenvalue weighted by molar-refractivity contribution is 0.438. The van der Waals surface area contributed by atoms with Gasteiger partial charge in [0.1, 0.15) is 34.5 Å². The van der Waals surface area contributed by atoms with E-state index in [0.717, 1.165) is 16.7 Å². The zero-order valence-corrected chi connectivity index (χ0v) is 17.9. The summed E-state index contributed by atoms with van der Waals surface area (Å²) >= 11 is 0. The Labute approximate surface area is 195 Å². The molecule has 0 amide bonds. The zero-order valence-electron chi connectivity index (χ0n) is 17.9. The maximum absolute atomic E-state index is 10.9. The molecular formula is C28H22O6. The minimum atomic E-state index is -0.563. The number of fused-ring (bicyclic) bond motifs is 1. The molecule has 0 radical (unpaired) electrons. The smallest absolute Gasteiger partial charge is 0.123 e. The molecule has 5 rings (SSSR count). The average molecular weight is 454 g/mol. The molecule has 4 aromatic rings. The monoisotopic (exact) mass is 454 g/mol. The van der Waals surface area contributed by atoms with E-state index in [4.69, 9.17) is 0 Å². The highest BCUT2D eigenvalue weighted by Crippen LogP contribution is 2.55. The van der Waals surface area contributed by atoms with Crippen LogP contribution in [0.15, 0.2) is 78.9 Å². The van der Waals surface area contributed by atoms with Crippen molar-refractivity contribution < 1.29 is 30.6 Å². The predicted octanol–water partition coefficient (Wildman–Crippen LogP) is 5.39. The quantitative estimate of drug-likeness (QED) is 0.247. The van der Waals surface area contributed by atoms with Crippen LogP contribution in [0.25, 0.3) is 11.6 Å². The van der Waals surface area contributed by atoms with Crippen molar-refractivity contribution in [1.82, 2.24) is 0 Å². The Morgan fingerprint density at radius 3 is 1.65 bits per heavy atom. The molecule has 0 fully saturated rings. The molecular weight excluding hydrogens is 432 g/mol. The fourth-order valence-electron chi connectivity index (χ4n) is 4.83. The largest absolute Gasteiger partial charge is 0.508 e. The predicted molar refractivity (Wildman–Crippen MR) is 128 cm³/mol. The van der Waals surface area contributed by atoms with Crippen molar-refractivity contribution >= 4 is 11.6 Å². The maximum atomic E-state index is 10.9. The lowest BCUT2D eigenvalue weighted by Gasteiger charge is -2.36. The van der Waals surface area contributed by atoms with E-state index in [1.165, 1.54) is 24.3 Å². The number of benzene rings is 4. The van der Waals surface area contributed by atoms with Crippen molar-refractivity contribution in [2.45, 2.75) is 11.8 Å². The van der Waals surface area contributed by atoms with Crippen LogP contribution in [0.3, 0.4) is 0 Å². The molecule has 0 unspecified atom stereocenters. The minimum Gasteiger partial charge on any atom is -0.508 e. The molecule has 6 nitrogen and oxygen atoms in total. The molecule has 1 aliphatic carbocycles. The van der Waals surface area contributed by atoms with Gasteiger partial charge in [0.05, 0.1) is 0 Å². The van der Waals surface area contributed by atoms with Gasteiger partial charge < -0.3 is 30.6 Å². The Morgan fingerprint density at radius 2 is 1.03 bits per heavy atom. The highest BCUT2D eigenvalue weighted by Gasteiger charge is 2.37. The Kier molecular flexibility index (Phi) is 5.06. The molecule has 6 N–H and O–H groups in total. The second-order valence-electron chi connectivity index (χ2n) is 8.44. The summed E-state index contributed by atoms with van der Waals surface area (Å²) in [6, 6.07) is 20.6. The molecule has 34 heavy (non-hydrogen) atoms. The van der Waals surface area contributed by atoms with E-state index in [1.807, 2.05) is 6.08 Å². The number of allylic oxidation sites excluding steroid dienone is 1. The van der Waals surface area contributed by atoms with Crippen LogP contribution < -0.4 is 0 Å². The van der Waals surface area contributed by atoms with Gasteiger partial charge >= 0.3 is 0 Å². The van der Waals surface area contributed by atoms with Crippen LogP contribution in [0.2, 0.25) is 0 Å². The van der Waals surface area contributed by atoms with E-state index in [9.17, 15) is 30.6 Å². The van der Waals surface area contributed by atoms with E-state index < -0.39 is 11.8 Å². The molecule has 1 aliphatic rings. The third-order valence-corrected chi connectivity index (χ3v) is 6.20. The lowest BCUT2D eigenvalue weighted by atomic mass is 9.67. The van der Waals surface area contributed by atoms with Gasteiger partial charge in [0.2, 0.25) is 0 Å². The van der Waals surface area contributed by atoms with Crippen LogP contribution in [-0.4, -0.2) is 30.6 Å². The van der Waals surface area contributed by atoms with E-state index in [2.05, 4.69) is 0 Å². The molecule has 170 valence electrons. The standard InChI is InChI=1S/C28H22O6/c29-19-5-1-15(2-6-19)24-12-18-11-23(33)14-25(34)27(18)28(17-9-21(31)13-22(32)10-17)26(24)16-3-7-20(30)8-4-16/h1-14,26,28-34H/t26-,28+/m1/s1. The molecule has 4 aromatic carbocycles. The highest BCUT2D eigenvalue weighted by atomic mass is 16.3. The van der Waals surface area contributed by atoms with Gasteiger partial charge in [0.15, 0.2) is 0 Å². The summed E-state index contributed by atoms with van der Waals surface area (Å²) < 4.78 is 0. The van der Waals surface area contributed by atoms with Gasteiger partial charge in [-0.1, -0.05) is 24.3 Å². The molecule has 0 bridgehead atoms. The molecule has 0 spiro atoms. The average Bonchev–Trinajstić information content (AvgIpc) is 2.78. The molecule has 0 aromatic heterocycles. The van der Waals surface area contributed by atoms with Crippen LogP contribution >= 0.6 is 0 Å². The Balaban J connectivity index is 1.85. The summed E-state index contributed by atoms with van der Waals surface area (Å²) in [5.74, 6) is -1.21. The molecule has 0 saturated heterocycles. The number of hydrogen-bond acceptors (Lipinski definition) is 6. The highest BCUT2D eigenvalue weighted by molar-refractivity contribution is 5.91. The normalized spacial score (nSPS) is 17.1. The van der Waals surface area contributed by atoms with Crippen LogP contribution in [0.5, 0.6) is 34.5 Å². The van der Waals surface area contributed by atoms with Gasteiger partial charge in [-0.15, -0.1) is 0 Å². The summed E-state index contributed by atoms with van der Waals surface area (Å²) in [5.41, 5.74) is 4.13. The Hall–Kier alpha value is -4.58. The fourth-order valence-corrected chi connectivity index (χ4v) is 4.83. The van der Waals surface area contributed by atoms with E-state index in [-0.39, 0.29) is 34.5 Å². The number of phenolic OH excluding ortho intramolecular Hbond substituents is 6. The van der Waals surface area contributed by atoms with Gasteiger partial charge in [0, 0.05) is 29.5 Å². The Bertz CT molecular complexity index is 1380. The zero-order chi connectivity index (χ0) is 24.0. The van der Waals surface area contributed by atoms with Gasteiger partial charge in [-0.05, 0) is 76.4 Å². The first kappa shape index (κ1) is 21.3. The van der Waals surface area contributed by atoms with Gasteiger partial charge in [-0.25, -0.2) is 0 Å². The first-order chi connectivity index (χ1) is 16.3. The molecule has 0 heterocycles. The van der Waals surface area contributed by atoms with Crippen LogP contribution in [0, 0.1) is 0 Å². The van der Waals surface area contributed by atoms with Gasteiger partial charge in [-0.2, -0.15) is 0 Å². The summed E-state index contributed by atoms with van der Waals surface area (Å²) in [5, 5.41) is 61.3. The van der Waals surface area contributed by atoms with Crippen LogP contribution in [0.1, 0.15) is 39.7 Å². The number of phenols is 6. The van der Waals surface area contributed by atoms with Crippen molar-refractivity contribution in [1.29, 1.82) is 0 Å². The molecule has 6 heteroatoms. The summed E-state index contributed by atoms with van der Waals surface area (Å²) in [6.07, 6.45) is 1.87. The number of hydrogen-bond donors (Lipinski definition) is 6. The third kappa shape index (κ3) is 3.75. The fraction of sp³-hybridized carbons (Fsp3) is 0.0714. The van der Waals surface area contributed by atoms with E-state index in [1.54, 1.807) is 54.6 Å². The summed E-state index contributed by atoms with van der Waals surface area (Å²) in [7, 11) is 0. The van der Waals surface area contributed by atoms with Crippen molar-refractivity contribution in [3.8, 4) is 34.5 Å². The maximum Gasteiger partial charge on any atom is 0.123 e. The first-order valence-electron chi connectivity index (χ1n) is 10.7. The van der Waals surface area contributed by atoms with Crippen molar-refractivity contribution in [3.63, 3.8) is 0 Å². The second-order valence-corrected chi connectivity index (χ2v) is 8.44. The van der Waals surface area contributed by atoms with E-state index >= 15 is 0 Å². The van der Waals surface area contributed by atoms with Crippen LogP contribution in [-0.2, 0) is 0 Å². The van der Waals surface area contributed by atoms with E-state index in [0.29, 0.717) is 16.7 Å². The lowest BCUT2D eigenvalue weighted by Crippen LogP contribution is -2.19. The summed E-state index contributed by atoms with van der Waals surface area (Å²) in [4.78, 5) is 0. The summed E-state index contributed by atoms with van der Waals surface area (Å²) in [6.45, 7) is 0. The molecule has 2 atom stereocenters. The SMILES string of the molecule is Oc1ccc(C2=Cc3cc(O)cc(O)c3[C@@H](c3cc(O)cc(O)c3)[C@@H]2c2ccc(O)cc2)cc1. The van der Waals surface area contributed by atoms with Crippen molar-refractivity contribution in [2.24, 2.45) is 0 Å². The van der Waals surface area contributed by atoms with Crippen molar-refractivity contribution in [3.05, 3.63) is 107 Å². The molecule has 0 aliphatic heterocycles. The van der Waals surface area contributed by atoms with Gasteiger partial charge in [-0.3, -0.25) is 0 Å². The topological polar surface area (TPSA) is 121 Å². The van der Waals surface area contributed by atoms with Crippen LogP contribution in [0.4, 0.5) is 0 Å². The molecule has 0 saturated carbocycles. The number of rotatable bonds is 3. The Morgan fingerprint density at radius 1 is 0.471 bits per heavy atom. The third-order valence-electron chi connectivity index (χ3n) is 6.20. The number of aromatic hydroxyl groups is 6.